The van der Waals surface area contributed by atoms with Crippen LogP contribution in [-0.2, 0) is 22.4 Å². The minimum Gasteiger partial charge on any atom is -0.353 e. The van der Waals surface area contributed by atoms with Gasteiger partial charge < -0.3 is 10.2 Å². The van der Waals surface area contributed by atoms with Gasteiger partial charge >= 0.3 is 0 Å². The zero-order chi connectivity index (χ0) is 25.7. The summed E-state index contributed by atoms with van der Waals surface area (Å²) in [5.41, 5.74) is 4.42. The van der Waals surface area contributed by atoms with E-state index in [2.05, 4.69) is 22.4 Å². The van der Waals surface area contributed by atoms with E-state index in [0.717, 1.165) is 24.0 Å². The summed E-state index contributed by atoms with van der Waals surface area (Å²) < 4.78 is 0. The molecular weight excluding hydrogens is 446 g/mol. The lowest BCUT2D eigenvalue weighted by Gasteiger charge is -2.37. The van der Waals surface area contributed by atoms with Crippen LogP contribution < -0.4 is 5.32 Å². The van der Waals surface area contributed by atoms with E-state index in [1.807, 2.05) is 87.2 Å². The molecule has 0 saturated carbocycles. The van der Waals surface area contributed by atoms with Gasteiger partial charge in [-0.15, -0.1) is 0 Å². The first kappa shape index (κ1) is 25.6. The average Bonchev–Trinajstić information content (AvgIpc) is 3.26. The van der Waals surface area contributed by atoms with Gasteiger partial charge in [0.25, 0.3) is 0 Å². The number of hydrogen-bond acceptors (Lipinski definition) is 3. The summed E-state index contributed by atoms with van der Waals surface area (Å²) >= 11 is 0. The third kappa shape index (κ3) is 5.84. The minimum atomic E-state index is -0.516. The van der Waals surface area contributed by atoms with Crippen molar-refractivity contribution in [1.82, 2.24) is 15.2 Å². The highest BCUT2D eigenvalue weighted by atomic mass is 16.2. The molecule has 3 aromatic rings. The van der Waals surface area contributed by atoms with Crippen molar-refractivity contribution in [2.75, 3.05) is 0 Å². The molecule has 1 aliphatic carbocycles. The summed E-state index contributed by atoms with van der Waals surface area (Å²) in [6.45, 7) is 8.17. The molecule has 2 atom stereocenters. The van der Waals surface area contributed by atoms with Gasteiger partial charge in [0.2, 0.25) is 11.8 Å². The van der Waals surface area contributed by atoms with E-state index in [4.69, 9.17) is 0 Å². The quantitative estimate of drug-likeness (QED) is 0.451. The number of pyridine rings is 1. The third-order valence-electron chi connectivity index (χ3n) is 7.13. The second kappa shape index (κ2) is 11.5. The summed E-state index contributed by atoms with van der Waals surface area (Å²) in [6, 6.07) is 22.3. The van der Waals surface area contributed by atoms with Crippen LogP contribution in [0.5, 0.6) is 0 Å². The van der Waals surface area contributed by atoms with E-state index in [-0.39, 0.29) is 42.3 Å². The lowest BCUT2D eigenvalue weighted by atomic mass is 9.78. The van der Waals surface area contributed by atoms with Crippen molar-refractivity contribution in [3.8, 4) is 0 Å². The summed E-state index contributed by atoms with van der Waals surface area (Å²) in [4.78, 5) is 33.9. The van der Waals surface area contributed by atoms with Crippen LogP contribution in [0.3, 0.4) is 0 Å². The Hall–Kier alpha value is -3.47. The monoisotopic (exact) mass is 483 g/mol. The molecule has 5 nitrogen and oxygen atoms in total. The Labute approximate surface area is 215 Å². The molecule has 2 amide bonds. The van der Waals surface area contributed by atoms with Gasteiger partial charge in [0.1, 0.15) is 0 Å². The lowest BCUT2D eigenvalue weighted by molar-refractivity contribution is -0.137. The normalized spacial score (nSPS) is 14.9. The number of aromatic nitrogens is 1. The van der Waals surface area contributed by atoms with Crippen molar-refractivity contribution in [1.29, 1.82) is 0 Å². The number of carbonyl (C=O) groups is 2. The molecule has 0 bridgehead atoms. The van der Waals surface area contributed by atoms with Crippen molar-refractivity contribution in [2.24, 2.45) is 0 Å². The van der Waals surface area contributed by atoms with Crippen molar-refractivity contribution in [3.63, 3.8) is 0 Å². The first-order valence-corrected chi connectivity index (χ1v) is 13.0. The number of hydrogen-bond donors (Lipinski definition) is 1. The number of nitrogens with one attached hydrogen (secondary N) is 1. The van der Waals surface area contributed by atoms with Gasteiger partial charge in [-0.1, -0.05) is 60.7 Å². The minimum absolute atomic E-state index is 0.0241. The average molecular weight is 484 g/mol. The van der Waals surface area contributed by atoms with Crippen LogP contribution in [0.25, 0.3) is 0 Å². The van der Waals surface area contributed by atoms with E-state index >= 15 is 0 Å². The molecule has 2 aromatic carbocycles. The van der Waals surface area contributed by atoms with Gasteiger partial charge in [0, 0.05) is 42.9 Å². The van der Waals surface area contributed by atoms with Crippen LogP contribution in [0.15, 0.2) is 79.1 Å². The molecule has 4 rings (SSSR count). The second-order valence-corrected chi connectivity index (χ2v) is 10.4. The molecule has 1 aliphatic rings. The number of nitrogens with zero attached hydrogens (tertiary/aromatic N) is 2. The topological polar surface area (TPSA) is 62.3 Å². The Balaban J connectivity index is 1.65. The van der Waals surface area contributed by atoms with E-state index in [9.17, 15) is 9.59 Å². The van der Waals surface area contributed by atoms with Crippen molar-refractivity contribution < 1.29 is 9.59 Å². The Morgan fingerprint density at radius 1 is 0.861 bits per heavy atom. The van der Waals surface area contributed by atoms with E-state index in [1.54, 1.807) is 12.4 Å². The molecular formula is C31H37N3O2. The van der Waals surface area contributed by atoms with Crippen molar-refractivity contribution in [3.05, 3.63) is 101 Å². The number of rotatable bonds is 9. The fraction of sp³-hybridized carbons (Fsp3) is 0.387. The fourth-order valence-electron chi connectivity index (χ4n) is 5.65. The summed E-state index contributed by atoms with van der Waals surface area (Å²) in [7, 11) is 0. The van der Waals surface area contributed by atoms with Gasteiger partial charge in [-0.3, -0.25) is 14.6 Å². The predicted molar refractivity (Wildman–Crippen MR) is 144 cm³/mol. The Morgan fingerprint density at radius 3 is 2.00 bits per heavy atom. The van der Waals surface area contributed by atoms with Crippen LogP contribution in [0, 0.1) is 0 Å². The highest BCUT2D eigenvalue weighted by molar-refractivity contribution is 5.87. The molecule has 0 saturated heterocycles. The highest BCUT2D eigenvalue weighted by Crippen LogP contribution is 2.38. The molecule has 1 N–H and O–H groups in total. The second-order valence-electron chi connectivity index (χ2n) is 10.4. The molecule has 0 aliphatic heterocycles. The Kier molecular flexibility index (Phi) is 8.19. The summed E-state index contributed by atoms with van der Waals surface area (Å²) in [6.07, 6.45) is 5.40. The van der Waals surface area contributed by atoms with Crippen LogP contribution in [0.1, 0.15) is 68.2 Å². The molecule has 1 heterocycles. The Morgan fingerprint density at radius 2 is 1.44 bits per heavy atom. The molecule has 2 unspecified atom stereocenters. The van der Waals surface area contributed by atoms with E-state index in [1.165, 1.54) is 11.1 Å². The number of benzene rings is 2. The van der Waals surface area contributed by atoms with Crippen LogP contribution >= 0.6 is 0 Å². The zero-order valence-electron chi connectivity index (χ0n) is 21.7. The molecule has 36 heavy (non-hydrogen) atoms. The third-order valence-corrected chi connectivity index (χ3v) is 7.13. The summed E-state index contributed by atoms with van der Waals surface area (Å²) in [5.74, 6) is -0.823. The number of amides is 2. The van der Waals surface area contributed by atoms with Gasteiger partial charge in [0.15, 0.2) is 0 Å². The first-order chi connectivity index (χ1) is 17.3. The SMILES string of the molecule is CC(C)N(C(=O)C(c1cccnc1)C(CC(=O)NC1Cc2ccccc2C1)c1ccccc1)C(C)C. The predicted octanol–water partition coefficient (Wildman–Crippen LogP) is 5.27. The highest BCUT2D eigenvalue weighted by Gasteiger charge is 2.37. The molecule has 0 fully saturated rings. The van der Waals surface area contributed by atoms with E-state index in [0.29, 0.717) is 0 Å². The van der Waals surface area contributed by atoms with Gasteiger partial charge in [-0.25, -0.2) is 0 Å². The van der Waals surface area contributed by atoms with Gasteiger partial charge in [-0.05, 0) is 68.9 Å². The maximum Gasteiger partial charge on any atom is 0.231 e. The maximum absolute atomic E-state index is 14.2. The molecule has 0 radical (unpaired) electrons. The maximum atomic E-state index is 14.2. The Bertz CT molecular complexity index is 1130. The van der Waals surface area contributed by atoms with Gasteiger partial charge in [0.05, 0.1) is 5.92 Å². The smallest absolute Gasteiger partial charge is 0.231 e. The molecule has 5 heteroatoms. The number of fused-ring (bicyclic) bond motifs is 1. The van der Waals surface area contributed by atoms with Crippen molar-refractivity contribution in [2.45, 2.75) is 76.9 Å². The van der Waals surface area contributed by atoms with Crippen molar-refractivity contribution >= 4 is 11.8 Å². The molecule has 1 aromatic heterocycles. The summed E-state index contributed by atoms with van der Waals surface area (Å²) in [5, 5.41) is 3.27. The largest absolute Gasteiger partial charge is 0.353 e. The van der Waals surface area contributed by atoms with Crippen LogP contribution in [-0.4, -0.2) is 39.8 Å². The van der Waals surface area contributed by atoms with Crippen LogP contribution in [0.4, 0.5) is 0 Å². The van der Waals surface area contributed by atoms with Gasteiger partial charge in [-0.2, -0.15) is 0 Å². The first-order valence-electron chi connectivity index (χ1n) is 13.0. The molecule has 0 spiro atoms. The fourth-order valence-corrected chi connectivity index (χ4v) is 5.65. The van der Waals surface area contributed by atoms with E-state index < -0.39 is 5.92 Å². The zero-order valence-corrected chi connectivity index (χ0v) is 21.7. The standard InChI is InChI=1S/C31H37N3O2/c1-21(2)34(22(3)4)31(36)30(26-15-10-16-32-20-26)28(23-11-6-5-7-12-23)19-29(35)33-27-17-24-13-8-9-14-25(24)18-27/h5-16,20-22,27-28,30H,17-19H2,1-4H3,(H,33,35). The van der Waals surface area contributed by atoms with Crippen LogP contribution in [0.2, 0.25) is 0 Å². The number of carbonyl (C=O) groups excluding carboxylic acids is 2. The molecule has 188 valence electrons. The lowest BCUT2D eigenvalue weighted by Crippen LogP contribution is -2.46.